The van der Waals surface area contributed by atoms with E-state index >= 15 is 0 Å². The van der Waals surface area contributed by atoms with Gasteiger partial charge in [0, 0.05) is 0 Å². The maximum absolute atomic E-state index is 11.3. The molecule has 0 spiro atoms. The largest absolute Gasteiger partial charge is 0.424 e. The minimum atomic E-state index is -3.32. The molecule has 0 bridgehead atoms. The minimum absolute atomic E-state index is 0.00470. The van der Waals surface area contributed by atoms with E-state index in [2.05, 4.69) is 14.7 Å². The van der Waals surface area contributed by atoms with Gasteiger partial charge in [0.25, 0.3) is 0 Å². The van der Waals surface area contributed by atoms with E-state index in [9.17, 15) is 8.42 Å². The van der Waals surface area contributed by atoms with E-state index < -0.39 is 10.0 Å². The standard InChI is InChI=1S/C12H13N3O3S/c1-2-19(16,17)15-10-8-13-12(14-9-10)18-11-6-4-3-5-7-11/h3-9,15H,2H2,1H3. The molecule has 2 aromatic rings. The summed E-state index contributed by atoms with van der Waals surface area (Å²) in [6.07, 6.45) is 2.72. The number of nitrogens with one attached hydrogen (secondary N) is 1. The van der Waals surface area contributed by atoms with Crippen molar-refractivity contribution in [2.45, 2.75) is 6.92 Å². The smallest absolute Gasteiger partial charge is 0.322 e. The summed E-state index contributed by atoms with van der Waals surface area (Å²) in [6.45, 7) is 1.55. The number of para-hydroxylation sites is 1. The molecule has 0 saturated heterocycles. The summed E-state index contributed by atoms with van der Waals surface area (Å²) in [5, 5.41) is 0. The van der Waals surface area contributed by atoms with Gasteiger partial charge in [0.1, 0.15) is 5.75 Å². The molecule has 2 rings (SSSR count). The molecule has 1 heterocycles. The second-order valence-corrected chi connectivity index (χ2v) is 5.69. The Morgan fingerprint density at radius 3 is 2.37 bits per heavy atom. The van der Waals surface area contributed by atoms with Crippen molar-refractivity contribution in [1.29, 1.82) is 0 Å². The fourth-order valence-electron chi connectivity index (χ4n) is 1.27. The molecule has 0 radical (unpaired) electrons. The van der Waals surface area contributed by atoms with Crippen LogP contribution in [0.2, 0.25) is 0 Å². The lowest BCUT2D eigenvalue weighted by Gasteiger charge is -2.06. The molecule has 0 saturated carbocycles. The van der Waals surface area contributed by atoms with Crippen molar-refractivity contribution in [3.05, 3.63) is 42.7 Å². The van der Waals surface area contributed by atoms with Gasteiger partial charge in [-0.1, -0.05) is 18.2 Å². The lowest BCUT2D eigenvalue weighted by Crippen LogP contribution is -2.14. The van der Waals surface area contributed by atoms with Crippen LogP contribution in [0.4, 0.5) is 5.69 Å². The Morgan fingerprint density at radius 2 is 1.79 bits per heavy atom. The molecule has 19 heavy (non-hydrogen) atoms. The second-order valence-electron chi connectivity index (χ2n) is 3.67. The zero-order valence-electron chi connectivity index (χ0n) is 10.3. The van der Waals surface area contributed by atoms with Crippen molar-refractivity contribution < 1.29 is 13.2 Å². The van der Waals surface area contributed by atoms with Gasteiger partial charge >= 0.3 is 6.01 Å². The van der Waals surface area contributed by atoms with Crippen LogP contribution < -0.4 is 9.46 Å². The van der Waals surface area contributed by atoms with Gasteiger partial charge in [0.2, 0.25) is 10.0 Å². The summed E-state index contributed by atoms with van der Waals surface area (Å²) in [4.78, 5) is 7.86. The van der Waals surface area contributed by atoms with Gasteiger partial charge in [-0.15, -0.1) is 0 Å². The lowest BCUT2D eigenvalue weighted by molar-refractivity contribution is 0.442. The average Bonchev–Trinajstić information content (AvgIpc) is 2.42. The molecule has 100 valence electrons. The molecule has 0 amide bonds. The predicted octanol–water partition coefficient (Wildman–Crippen LogP) is 2.03. The molecule has 1 aromatic heterocycles. The number of benzene rings is 1. The van der Waals surface area contributed by atoms with Crippen LogP contribution in [0.25, 0.3) is 0 Å². The SMILES string of the molecule is CCS(=O)(=O)Nc1cnc(Oc2ccccc2)nc1. The molecule has 0 unspecified atom stereocenters. The maximum atomic E-state index is 11.3. The summed E-state index contributed by atoms with van der Waals surface area (Å²) >= 11 is 0. The van der Waals surface area contributed by atoms with Crippen molar-refractivity contribution in [2.24, 2.45) is 0 Å². The summed E-state index contributed by atoms with van der Waals surface area (Å²) in [5.41, 5.74) is 0.308. The summed E-state index contributed by atoms with van der Waals surface area (Å²) in [6, 6.07) is 9.24. The number of rotatable bonds is 5. The van der Waals surface area contributed by atoms with Crippen LogP contribution in [0, 0.1) is 0 Å². The molecule has 0 fully saturated rings. The van der Waals surface area contributed by atoms with E-state index in [0.717, 1.165) is 0 Å². The third kappa shape index (κ3) is 3.92. The molecule has 6 nitrogen and oxygen atoms in total. The Morgan fingerprint density at radius 1 is 1.16 bits per heavy atom. The number of aromatic nitrogens is 2. The Hall–Kier alpha value is -2.15. The first-order chi connectivity index (χ1) is 9.09. The maximum Gasteiger partial charge on any atom is 0.322 e. The van der Waals surface area contributed by atoms with Gasteiger partial charge in [-0.25, -0.2) is 18.4 Å². The van der Waals surface area contributed by atoms with Crippen LogP contribution in [0.15, 0.2) is 42.7 Å². The fourth-order valence-corrected chi connectivity index (χ4v) is 1.88. The van der Waals surface area contributed by atoms with Gasteiger partial charge in [-0.05, 0) is 19.1 Å². The van der Waals surface area contributed by atoms with E-state index in [1.165, 1.54) is 12.4 Å². The predicted molar refractivity (Wildman–Crippen MR) is 71.6 cm³/mol. The topological polar surface area (TPSA) is 81.2 Å². The zero-order valence-corrected chi connectivity index (χ0v) is 11.1. The highest BCUT2D eigenvalue weighted by atomic mass is 32.2. The van der Waals surface area contributed by atoms with Crippen molar-refractivity contribution in [3.8, 4) is 11.8 Å². The molecule has 1 N–H and O–H groups in total. The normalized spacial score (nSPS) is 11.0. The molecule has 1 aromatic carbocycles. The number of ether oxygens (including phenoxy) is 1. The Bertz CT molecular complexity index is 627. The van der Waals surface area contributed by atoms with E-state index in [-0.39, 0.29) is 11.8 Å². The molecular weight excluding hydrogens is 266 g/mol. The summed E-state index contributed by atoms with van der Waals surface area (Å²) in [7, 11) is -3.32. The first kappa shape index (κ1) is 13.3. The highest BCUT2D eigenvalue weighted by Gasteiger charge is 2.07. The van der Waals surface area contributed by atoms with Crippen molar-refractivity contribution in [2.75, 3.05) is 10.5 Å². The third-order valence-electron chi connectivity index (χ3n) is 2.23. The van der Waals surface area contributed by atoms with Crippen LogP contribution >= 0.6 is 0 Å². The van der Waals surface area contributed by atoms with Crippen LogP contribution in [0.1, 0.15) is 6.92 Å². The monoisotopic (exact) mass is 279 g/mol. The van der Waals surface area contributed by atoms with Crippen LogP contribution in [-0.2, 0) is 10.0 Å². The van der Waals surface area contributed by atoms with Gasteiger partial charge < -0.3 is 4.74 Å². The van der Waals surface area contributed by atoms with Crippen molar-refractivity contribution >= 4 is 15.7 Å². The minimum Gasteiger partial charge on any atom is -0.424 e. The third-order valence-corrected chi connectivity index (χ3v) is 3.54. The Labute approximate surface area is 111 Å². The highest BCUT2D eigenvalue weighted by Crippen LogP contribution is 2.17. The van der Waals surface area contributed by atoms with Crippen molar-refractivity contribution in [3.63, 3.8) is 0 Å². The van der Waals surface area contributed by atoms with E-state index in [4.69, 9.17) is 4.74 Å². The Balaban J connectivity index is 2.07. The summed E-state index contributed by atoms with van der Waals surface area (Å²) in [5.74, 6) is 0.610. The van der Waals surface area contributed by atoms with Gasteiger partial charge in [0.05, 0.1) is 23.8 Å². The second kappa shape index (κ2) is 5.66. The van der Waals surface area contributed by atoms with Crippen LogP contribution in [0.5, 0.6) is 11.8 Å². The molecule has 0 atom stereocenters. The van der Waals surface area contributed by atoms with Crippen LogP contribution in [0.3, 0.4) is 0 Å². The number of nitrogens with zero attached hydrogens (tertiary/aromatic N) is 2. The molecule has 7 heteroatoms. The number of hydrogen-bond acceptors (Lipinski definition) is 5. The number of hydrogen-bond donors (Lipinski definition) is 1. The van der Waals surface area contributed by atoms with Gasteiger partial charge in [-0.3, -0.25) is 4.72 Å². The van der Waals surface area contributed by atoms with Gasteiger partial charge in [-0.2, -0.15) is 0 Å². The lowest BCUT2D eigenvalue weighted by atomic mass is 10.3. The summed E-state index contributed by atoms with van der Waals surface area (Å²) < 4.78 is 30.4. The average molecular weight is 279 g/mol. The number of sulfonamides is 1. The van der Waals surface area contributed by atoms with Crippen molar-refractivity contribution in [1.82, 2.24) is 9.97 Å². The first-order valence-corrected chi connectivity index (χ1v) is 7.30. The Kier molecular flexibility index (Phi) is 3.96. The molecular formula is C12H13N3O3S. The zero-order chi connectivity index (χ0) is 13.7. The first-order valence-electron chi connectivity index (χ1n) is 5.64. The fraction of sp³-hybridized carbons (Fsp3) is 0.167. The molecule has 0 aliphatic rings. The van der Waals surface area contributed by atoms with E-state index in [1.54, 1.807) is 19.1 Å². The van der Waals surface area contributed by atoms with Gasteiger partial charge in [0.15, 0.2) is 0 Å². The highest BCUT2D eigenvalue weighted by molar-refractivity contribution is 7.92. The van der Waals surface area contributed by atoms with E-state index in [1.807, 2.05) is 18.2 Å². The number of anilines is 1. The molecule has 0 aliphatic carbocycles. The quantitative estimate of drug-likeness (QED) is 0.905. The van der Waals surface area contributed by atoms with Crippen LogP contribution in [-0.4, -0.2) is 24.1 Å². The van der Waals surface area contributed by atoms with E-state index in [0.29, 0.717) is 11.4 Å². The molecule has 0 aliphatic heterocycles.